The molecule has 0 heterocycles. The number of fused-ring (bicyclic) bond motifs is 3. The smallest absolute Gasteiger partial charge is 0.00925 e. The van der Waals surface area contributed by atoms with Crippen molar-refractivity contribution in [2.75, 3.05) is 0 Å². The zero-order valence-electron chi connectivity index (χ0n) is 17.7. The van der Waals surface area contributed by atoms with E-state index in [1.54, 1.807) is 0 Å². The molecule has 4 aliphatic carbocycles. The van der Waals surface area contributed by atoms with Crippen LogP contribution >= 0.6 is 0 Å². The Morgan fingerprint density at radius 3 is 2.08 bits per heavy atom. The fourth-order valence-corrected chi connectivity index (χ4v) is 6.73. The van der Waals surface area contributed by atoms with Gasteiger partial charge in [-0.3, -0.25) is 0 Å². The Morgan fingerprint density at radius 1 is 0.808 bits per heavy atom. The molecule has 0 heteroatoms. The van der Waals surface area contributed by atoms with Gasteiger partial charge in [-0.1, -0.05) is 90.5 Å². The Kier molecular flexibility index (Phi) is 4.41. The van der Waals surface area contributed by atoms with Crippen molar-refractivity contribution in [2.24, 2.45) is 52.3 Å². The third-order valence-corrected chi connectivity index (χ3v) is 8.28. The maximum Gasteiger partial charge on any atom is -0.00925 e. The minimum absolute atomic E-state index is 0.250. The summed E-state index contributed by atoms with van der Waals surface area (Å²) in [6.45, 7) is 14.7. The van der Waals surface area contributed by atoms with Gasteiger partial charge in [-0.25, -0.2) is 0 Å². The summed E-state index contributed by atoms with van der Waals surface area (Å²) in [5.74, 6) is 5.36. The fraction of sp³-hybridized carbons (Fsp3) is 0.692. The zero-order valence-corrected chi connectivity index (χ0v) is 17.7. The summed E-state index contributed by atoms with van der Waals surface area (Å²) in [5.41, 5.74) is 2.20. The van der Waals surface area contributed by atoms with Crippen LogP contribution in [0.25, 0.3) is 0 Å². The van der Waals surface area contributed by atoms with Crippen molar-refractivity contribution in [3.63, 3.8) is 0 Å². The van der Waals surface area contributed by atoms with Crippen LogP contribution in [0, 0.1) is 52.3 Å². The largest absolute Gasteiger partial charge is 0.0805 e. The molecule has 142 valence electrons. The van der Waals surface area contributed by atoms with Gasteiger partial charge in [0.2, 0.25) is 0 Å². The SMILES string of the molecule is CC1CCC(C(C)(C)C2C3C=CC=CC3C3C=C(C(C)(C)C)C=CC32)C1. The summed E-state index contributed by atoms with van der Waals surface area (Å²) < 4.78 is 0. The molecule has 0 aliphatic heterocycles. The first kappa shape index (κ1) is 18.3. The van der Waals surface area contributed by atoms with Crippen molar-refractivity contribution in [1.29, 1.82) is 0 Å². The van der Waals surface area contributed by atoms with E-state index >= 15 is 0 Å². The molecule has 2 saturated carbocycles. The van der Waals surface area contributed by atoms with E-state index in [0.29, 0.717) is 29.1 Å². The van der Waals surface area contributed by atoms with Crippen molar-refractivity contribution in [1.82, 2.24) is 0 Å². The molecule has 0 aromatic carbocycles. The van der Waals surface area contributed by atoms with Gasteiger partial charge < -0.3 is 0 Å². The molecule has 0 aromatic heterocycles. The van der Waals surface area contributed by atoms with E-state index in [1.807, 2.05) is 0 Å². The molecule has 0 nitrogen and oxygen atoms in total. The molecule has 0 radical (unpaired) electrons. The van der Waals surface area contributed by atoms with E-state index in [0.717, 1.165) is 17.8 Å². The van der Waals surface area contributed by atoms with Crippen molar-refractivity contribution >= 4 is 0 Å². The topological polar surface area (TPSA) is 0 Å². The summed E-state index contributed by atoms with van der Waals surface area (Å²) in [5, 5.41) is 0. The first-order chi connectivity index (χ1) is 12.2. The zero-order chi connectivity index (χ0) is 18.7. The van der Waals surface area contributed by atoms with Gasteiger partial charge in [0, 0.05) is 0 Å². The lowest BCUT2D eigenvalue weighted by molar-refractivity contribution is 0.0730. The molecule has 26 heavy (non-hydrogen) atoms. The quantitative estimate of drug-likeness (QED) is 0.493. The molecule has 0 spiro atoms. The Bertz CT molecular complexity index is 663. The second-order valence-electron chi connectivity index (χ2n) is 11.3. The molecule has 0 N–H and O–H groups in total. The highest BCUT2D eigenvalue weighted by Crippen LogP contribution is 2.61. The van der Waals surface area contributed by atoms with Gasteiger partial charge in [-0.2, -0.15) is 0 Å². The highest BCUT2D eigenvalue weighted by atomic mass is 14.6. The molecule has 2 fully saturated rings. The van der Waals surface area contributed by atoms with Gasteiger partial charge in [-0.05, 0) is 70.7 Å². The van der Waals surface area contributed by atoms with Gasteiger partial charge in [0.05, 0.1) is 0 Å². The minimum atomic E-state index is 0.250. The van der Waals surface area contributed by atoms with Crippen molar-refractivity contribution < 1.29 is 0 Å². The highest BCUT2D eigenvalue weighted by Gasteiger charge is 2.55. The second-order valence-corrected chi connectivity index (χ2v) is 11.3. The summed E-state index contributed by atoms with van der Waals surface area (Å²) >= 11 is 0. The number of hydrogen-bond donors (Lipinski definition) is 0. The van der Waals surface area contributed by atoms with Crippen LogP contribution in [0.1, 0.15) is 60.8 Å². The molecule has 0 amide bonds. The van der Waals surface area contributed by atoms with Gasteiger partial charge in [0.1, 0.15) is 0 Å². The maximum absolute atomic E-state index is 2.65. The number of allylic oxidation sites excluding steroid dienone is 8. The lowest BCUT2D eigenvalue weighted by Crippen LogP contribution is -2.37. The van der Waals surface area contributed by atoms with Crippen molar-refractivity contribution in [2.45, 2.75) is 60.8 Å². The number of hydrogen-bond acceptors (Lipinski definition) is 0. The average molecular weight is 351 g/mol. The van der Waals surface area contributed by atoms with E-state index in [4.69, 9.17) is 0 Å². The van der Waals surface area contributed by atoms with Crippen LogP contribution in [-0.4, -0.2) is 0 Å². The molecule has 0 aromatic rings. The van der Waals surface area contributed by atoms with Crippen LogP contribution in [-0.2, 0) is 0 Å². The average Bonchev–Trinajstić information content (AvgIpc) is 3.15. The summed E-state index contributed by atoms with van der Waals surface area (Å²) in [6, 6.07) is 0. The van der Waals surface area contributed by atoms with Crippen LogP contribution in [0.2, 0.25) is 0 Å². The maximum atomic E-state index is 2.65. The Balaban J connectivity index is 1.70. The van der Waals surface area contributed by atoms with E-state index in [9.17, 15) is 0 Å². The monoisotopic (exact) mass is 350 g/mol. The summed E-state index contributed by atoms with van der Waals surface area (Å²) in [4.78, 5) is 0. The van der Waals surface area contributed by atoms with Crippen LogP contribution in [0.4, 0.5) is 0 Å². The second kappa shape index (κ2) is 6.25. The third-order valence-electron chi connectivity index (χ3n) is 8.28. The molecule has 7 unspecified atom stereocenters. The van der Waals surface area contributed by atoms with Crippen LogP contribution in [0.15, 0.2) is 48.1 Å². The molecule has 7 atom stereocenters. The minimum Gasteiger partial charge on any atom is -0.0805 e. The third kappa shape index (κ3) is 2.88. The first-order valence-electron chi connectivity index (χ1n) is 10.9. The standard InChI is InChI=1S/C26H38/c1-17-11-12-19(15-17)26(5,6)24-21-10-8-7-9-20(21)23-16-18(25(2,3)4)13-14-22(23)24/h7-10,13-14,16-17,19-24H,11-12,15H2,1-6H3. The van der Waals surface area contributed by atoms with Crippen LogP contribution in [0.3, 0.4) is 0 Å². The van der Waals surface area contributed by atoms with Crippen molar-refractivity contribution in [3.05, 3.63) is 48.1 Å². The van der Waals surface area contributed by atoms with Gasteiger partial charge in [-0.15, -0.1) is 0 Å². The molecule has 4 aliphatic rings. The van der Waals surface area contributed by atoms with E-state index < -0.39 is 0 Å². The van der Waals surface area contributed by atoms with Gasteiger partial charge >= 0.3 is 0 Å². The Morgan fingerprint density at radius 2 is 1.46 bits per heavy atom. The van der Waals surface area contributed by atoms with Gasteiger partial charge in [0.15, 0.2) is 0 Å². The number of rotatable bonds is 2. The Hall–Kier alpha value is -1.04. The lowest BCUT2D eigenvalue weighted by atomic mass is 9.61. The fourth-order valence-electron chi connectivity index (χ4n) is 6.73. The lowest BCUT2D eigenvalue weighted by Gasteiger charge is -2.44. The summed E-state index contributed by atoms with van der Waals surface area (Å²) in [7, 11) is 0. The van der Waals surface area contributed by atoms with E-state index in [2.05, 4.69) is 84.1 Å². The van der Waals surface area contributed by atoms with Crippen molar-refractivity contribution in [3.8, 4) is 0 Å². The normalized spacial score (nSPS) is 41.9. The molecular weight excluding hydrogens is 312 g/mol. The highest BCUT2D eigenvalue weighted by molar-refractivity contribution is 5.36. The van der Waals surface area contributed by atoms with Crippen LogP contribution in [0.5, 0.6) is 0 Å². The first-order valence-corrected chi connectivity index (χ1v) is 10.9. The molecule has 4 rings (SSSR count). The predicted molar refractivity (Wildman–Crippen MR) is 113 cm³/mol. The van der Waals surface area contributed by atoms with E-state index in [-0.39, 0.29) is 5.41 Å². The van der Waals surface area contributed by atoms with Crippen LogP contribution < -0.4 is 0 Å². The predicted octanol–water partition coefficient (Wildman–Crippen LogP) is 7.21. The summed E-state index contributed by atoms with van der Waals surface area (Å²) in [6.07, 6.45) is 21.7. The molecule has 0 bridgehead atoms. The molecule has 0 saturated heterocycles. The Labute approximate surface area is 161 Å². The van der Waals surface area contributed by atoms with Gasteiger partial charge in [0.25, 0.3) is 0 Å². The van der Waals surface area contributed by atoms with E-state index in [1.165, 1.54) is 24.8 Å². The molecular formula is C26H38.